The van der Waals surface area contributed by atoms with Crippen molar-refractivity contribution in [2.24, 2.45) is 0 Å². The maximum atomic E-state index is 12.3. The number of rotatable bonds is 5. The predicted molar refractivity (Wildman–Crippen MR) is 87.0 cm³/mol. The van der Waals surface area contributed by atoms with Crippen molar-refractivity contribution in [3.63, 3.8) is 0 Å². The molecule has 1 aliphatic heterocycles. The van der Waals surface area contributed by atoms with Crippen molar-refractivity contribution in [3.8, 4) is 0 Å². The third-order valence-electron chi connectivity index (χ3n) is 3.94. The number of furan rings is 1. The molecule has 0 saturated carbocycles. The summed E-state index contributed by atoms with van der Waals surface area (Å²) in [5, 5.41) is 22.7. The molecule has 1 atom stereocenters. The Morgan fingerprint density at radius 3 is 2.67 bits per heavy atom. The first-order chi connectivity index (χ1) is 11.5. The molecule has 3 heterocycles. The fourth-order valence-electron chi connectivity index (χ4n) is 2.65. The van der Waals surface area contributed by atoms with Gasteiger partial charge in [0.2, 0.25) is 0 Å². The second-order valence-corrected chi connectivity index (χ2v) is 6.50. The summed E-state index contributed by atoms with van der Waals surface area (Å²) in [5.41, 5.74) is 0. The zero-order valence-corrected chi connectivity index (χ0v) is 13.6. The highest BCUT2D eigenvalue weighted by Gasteiger charge is 2.27. The van der Waals surface area contributed by atoms with E-state index in [1.807, 2.05) is 17.5 Å². The molecule has 1 aliphatic rings. The minimum Gasteiger partial charge on any atom is -0.395 e. The highest BCUT2D eigenvalue weighted by Crippen LogP contribution is 2.21. The summed E-state index contributed by atoms with van der Waals surface area (Å²) in [7, 11) is 0. The van der Waals surface area contributed by atoms with Crippen molar-refractivity contribution in [1.29, 1.82) is 0 Å². The molecule has 0 aliphatic carbocycles. The van der Waals surface area contributed by atoms with Gasteiger partial charge in [-0.05, 0) is 17.5 Å². The van der Waals surface area contributed by atoms with Crippen LogP contribution in [-0.4, -0.2) is 58.5 Å². The Morgan fingerprint density at radius 1 is 1.33 bits per heavy atom. The van der Waals surface area contributed by atoms with Crippen LogP contribution in [0.1, 0.15) is 21.5 Å². The molecule has 0 aromatic carbocycles. The third kappa shape index (κ3) is 3.64. The summed E-state index contributed by atoms with van der Waals surface area (Å²) in [6.45, 7) is 2.78. The van der Waals surface area contributed by atoms with Crippen molar-refractivity contribution in [2.45, 2.75) is 6.10 Å². The number of carbonyl (C=O) groups excluding carboxylic acids is 1. The van der Waals surface area contributed by atoms with Gasteiger partial charge in [0.1, 0.15) is 11.0 Å². The van der Waals surface area contributed by atoms with E-state index in [9.17, 15) is 20.0 Å². The van der Waals surface area contributed by atoms with Crippen LogP contribution in [0, 0.1) is 10.1 Å². The molecule has 1 saturated heterocycles. The number of amides is 1. The monoisotopic (exact) mass is 351 g/mol. The van der Waals surface area contributed by atoms with Crippen LogP contribution < -0.4 is 0 Å². The van der Waals surface area contributed by atoms with Gasteiger partial charge in [-0.2, -0.15) is 0 Å². The fourth-order valence-corrected chi connectivity index (χ4v) is 3.35. The van der Waals surface area contributed by atoms with Gasteiger partial charge >= 0.3 is 5.88 Å². The van der Waals surface area contributed by atoms with Crippen LogP contribution in [0.5, 0.6) is 0 Å². The Morgan fingerprint density at radius 2 is 2.08 bits per heavy atom. The van der Waals surface area contributed by atoms with Crippen molar-refractivity contribution in [2.75, 3.05) is 32.7 Å². The molecule has 24 heavy (non-hydrogen) atoms. The normalized spacial score (nSPS) is 17.0. The van der Waals surface area contributed by atoms with Crippen LogP contribution in [0.4, 0.5) is 5.88 Å². The minimum absolute atomic E-state index is 0.0197. The molecule has 0 radical (unpaired) electrons. The molecule has 3 rings (SSSR count). The summed E-state index contributed by atoms with van der Waals surface area (Å²) >= 11 is 1.52. The smallest absolute Gasteiger partial charge is 0.395 e. The largest absolute Gasteiger partial charge is 0.433 e. The highest BCUT2D eigenvalue weighted by molar-refractivity contribution is 7.10. The molecule has 1 N–H and O–H groups in total. The number of aliphatic hydroxyl groups is 1. The van der Waals surface area contributed by atoms with Gasteiger partial charge in [-0.25, -0.2) is 0 Å². The van der Waals surface area contributed by atoms with E-state index < -0.39 is 16.9 Å². The maximum absolute atomic E-state index is 12.3. The fraction of sp³-hybridized carbons (Fsp3) is 0.400. The van der Waals surface area contributed by atoms with E-state index in [0.717, 1.165) is 4.88 Å². The molecule has 128 valence electrons. The molecule has 0 bridgehead atoms. The van der Waals surface area contributed by atoms with Crippen LogP contribution in [0.2, 0.25) is 0 Å². The number of carbonyl (C=O) groups is 1. The van der Waals surface area contributed by atoms with E-state index in [1.165, 1.54) is 23.5 Å². The maximum Gasteiger partial charge on any atom is 0.433 e. The van der Waals surface area contributed by atoms with Crippen LogP contribution >= 0.6 is 11.3 Å². The van der Waals surface area contributed by atoms with Gasteiger partial charge in [-0.3, -0.25) is 19.8 Å². The summed E-state index contributed by atoms with van der Waals surface area (Å²) in [4.78, 5) is 26.9. The van der Waals surface area contributed by atoms with Gasteiger partial charge in [0.05, 0.1) is 6.07 Å². The van der Waals surface area contributed by atoms with Gasteiger partial charge in [-0.15, -0.1) is 11.3 Å². The van der Waals surface area contributed by atoms with Crippen molar-refractivity contribution < 1.29 is 19.2 Å². The lowest BCUT2D eigenvalue weighted by Gasteiger charge is -2.35. The summed E-state index contributed by atoms with van der Waals surface area (Å²) in [6.07, 6.45) is -0.528. The molecule has 2 aromatic heterocycles. The molecule has 1 fully saturated rings. The Balaban J connectivity index is 1.52. The van der Waals surface area contributed by atoms with E-state index >= 15 is 0 Å². The average Bonchev–Trinajstić information content (AvgIpc) is 3.26. The Kier molecular flexibility index (Phi) is 4.93. The van der Waals surface area contributed by atoms with Crippen LogP contribution in [-0.2, 0) is 0 Å². The lowest BCUT2D eigenvalue weighted by molar-refractivity contribution is -0.402. The van der Waals surface area contributed by atoms with Crippen LogP contribution in [0.15, 0.2) is 34.1 Å². The number of thiophene rings is 1. The number of hydrogen-bond acceptors (Lipinski definition) is 7. The lowest BCUT2D eigenvalue weighted by atomic mass is 10.2. The Labute approximate surface area is 142 Å². The van der Waals surface area contributed by atoms with Crippen LogP contribution in [0.3, 0.4) is 0 Å². The topological polar surface area (TPSA) is 100 Å². The Bertz CT molecular complexity index is 707. The first kappa shape index (κ1) is 16.6. The molecule has 1 unspecified atom stereocenters. The molecule has 9 heteroatoms. The number of piperazine rings is 1. The first-order valence-corrected chi connectivity index (χ1v) is 8.40. The van der Waals surface area contributed by atoms with E-state index in [-0.39, 0.29) is 11.7 Å². The quantitative estimate of drug-likeness (QED) is 0.650. The van der Waals surface area contributed by atoms with E-state index in [0.29, 0.717) is 32.7 Å². The lowest BCUT2D eigenvalue weighted by Crippen LogP contribution is -2.49. The SMILES string of the molecule is O=C(c1ccc([N+](=O)[O-])o1)N1CCN(CC(O)c2cccs2)CC1. The number of nitrogens with zero attached hydrogens (tertiary/aromatic N) is 3. The molecule has 2 aromatic rings. The number of β-amino-alcohol motifs (C(OH)–C–C–N with tert-alkyl or cyclic N) is 1. The van der Waals surface area contributed by atoms with Crippen molar-refractivity contribution in [1.82, 2.24) is 9.80 Å². The third-order valence-corrected chi connectivity index (χ3v) is 4.92. The van der Waals surface area contributed by atoms with E-state index in [4.69, 9.17) is 4.42 Å². The molecule has 8 nitrogen and oxygen atoms in total. The zero-order chi connectivity index (χ0) is 17.1. The Hall–Kier alpha value is -2.23. The van der Waals surface area contributed by atoms with Gasteiger partial charge in [0.25, 0.3) is 5.91 Å². The summed E-state index contributed by atoms with van der Waals surface area (Å²) in [5.74, 6) is -0.800. The molecular formula is C15H17N3O5S. The second kappa shape index (κ2) is 7.12. The zero-order valence-electron chi connectivity index (χ0n) is 12.8. The van der Waals surface area contributed by atoms with E-state index in [1.54, 1.807) is 4.90 Å². The van der Waals surface area contributed by atoms with Gasteiger partial charge in [-0.1, -0.05) is 6.07 Å². The standard InChI is InChI=1S/C15H17N3O5S/c19-11(13-2-1-9-24-13)10-16-5-7-17(8-6-16)15(20)12-3-4-14(23-12)18(21)22/h1-4,9,11,19H,5-8,10H2. The number of hydrogen-bond donors (Lipinski definition) is 1. The highest BCUT2D eigenvalue weighted by atomic mass is 32.1. The molecular weight excluding hydrogens is 334 g/mol. The average molecular weight is 351 g/mol. The molecule has 1 amide bonds. The second-order valence-electron chi connectivity index (χ2n) is 5.52. The summed E-state index contributed by atoms with van der Waals surface area (Å²) < 4.78 is 4.96. The van der Waals surface area contributed by atoms with Gasteiger partial charge in [0, 0.05) is 37.6 Å². The van der Waals surface area contributed by atoms with Gasteiger partial charge < -0.3 is 14.4 Å². The summed E-state index contributed by atoms with van der Waals surface area (Å²) in [6, 6.07) is 6.32. The van der Waals surface area contributed by atoms with Crippen LogP contribution in [0.25, 0.3) is 0 Å². The van der Waals surface area contributed by atoms with Gasteiger partial charge in [0.15, 0.2) is 5.76 Å². The van der Waals surface area contributed by atoms with Crippen molar-refractivity contribution in [3.05, 3.63) is 50.4 Å². The minimum atomic E-state index is -0.666. The predicted octanol–water partition coefficient (Wildman–Crippen LogP) is 1.74. The van der Waals surface area contributed by atoms with Crippen molar-refractivity contribution >= 4 is 23.1 Å². The van der Waals surface area contributed by atoms with E-state index in [2.05, 4.69) is 4.90 Å². The molecule has 0 spiro atoms. The first-order valence-electron chi connectivity index (χ1n) is 7.52. The number of aliphatic hydroxyl groups excluding tert-OH is 1. The number of nitro groups is 1.